The molecule has 0 spiro atoms. The number of carbonyl (C=O) groups excluding carboxylic acids is 1. The van der Waals surface area contributed by atoms with E-state index in [1.807, 2.05) is 24.3 Å². The van der Waals surface area contributed by atoms with E-state index in [2.05, 4.69) is 10.2 Å². The molecular weight excluding hydrogens is 418 g/mol. The summed E-state index contributed by atoms with van der Waals surface area (Å²) in [6.07, 6.45) is 3.44. The van der Waals surface area contributed by atoms with Gasteiger partial charge in [0.2, 0.25) is 15.9 Å². The quantitative estimate of drug-likeness (QED) is 0.669. The molecule has 0 unspecified atom stereocenters. The Hall–Kier alpha value is -2.94. The van der Waals surface area contributed by atoms with Gasteiger partial charge in [0.25, 0.3) is 0 Å². The number of ether oxygens (including phenoxy) is 2. The number of benzene rings is 2. The van der Waals surface area contributed by atoms with Gasteiger partial charge in [-0.3, -0.25) is 9.10 Å². The number of carbonyl (C=O) groups is 1. The van der Waals surface area contributed by atoms with Crippen molar-refractivity contribution < 1.29 is 22.7 Å². The third-order valence-corrected chi connectivity index (χ3v) is 6.56. The first-order chi connectivity index (χ1) is 14.7. The molecule has 1 atom stereocenters. The molecule has 168 valence electrons. The van der Waals surface area contributed by atoms with Crippen LogP contribution in [0.25, 0.3) is 0 Å². The lowest BCUT2D eigenvalue weighted by Crippen LogP contribution is -2.45. The van der Waals surface area contributed by atoms with Crippen LogP contribution in [0, 0.1) is 0 Å². The van der Waals surface area contributed by atoms with Gasteiger partial charge in [-0.25, -0.2) is 8.42 Å². The zero-order chi connectivity index (χ0) is 22.6. The Balaban J connectivity index is 1.80. The number of rotatable bonds is 8. The van der Waals surface area contributed by atoms with Gasteiger partial charge in [0.15, 0.2) is 11.5 Å². The second-order valence-corrected chi connectivity index (χ2v) is 9.36. The smallest absolute Gasteiger partial charge is 0.247 e. The molecule has 3 rings (SSSR count). The van der Waals surface area contributed by atoms with Gasteiger partial charge >= 0.3 is 0 Å². The summed E-state index contributed by atoms with van der Waals surface area (Å²) in [5.74, 6) is 0.405. The van der Waals surface area contributed by atoms with Crippen molar-refractivity contribution in [2.75, 3.05) is 48.1 Å². The van der Waals surface area contributed by atoms with E-state index in [9.17, 15) is 13.2 Å². The molecule has 9 heteroatoms. The second-order valence-electron chi connectivity index (χ2n) is 7.50. The summed E-state index contributed by atoms with van der Waals surface area (Å²) in [5, 5.41) is 2.81. The van der Waals surface area contributed by atoms with Crippen LogP contribution in [-0.4, -0.2) is 53.9 Å². The van der Waals surface area contributed by atoms with E-state index in [0.717, 1.165) is 29.3 Å². The third kappa shape index (κ3) is 5.22. The molecule has 0 radical (unpaired) electrons. The number of anilines is 3. The van der Waals surface area contributed by atoms with Crippen LogP contribution in [0.3, 0.4) is 0 Å². The average molecular weight is 448 g/mol. The molecule has 0 saturated carbocycles. The highest BCUT2D eigenvalue weighted by molar-refractivity contribution is 7.92. The van der Waals surface area contributed by atoms with Crippen LogP contribution in [0.1, 0.15) is 19.8 Å². The number of sulfonamides is 1. The Bertz CT molecular complexity index is 1020. The Labute approximate surface area is 183 Å². The number of hydrogen-bond donors (Lipinski definition) is 1. The number of nitrogens with zero attached hydrogens (tertiary/aromatic N) is 2. The number of methoxy groups -OCH3 is 2. The molecule has 2 aromatic carbocycles. The lowest BCUT2D eigenvalue weighted by atomic mass is 10.2. The van der Waals surface area contributed by atoms with Crippen molar-refractivity contribution >= 4 is 33.0 Å². The fourth-order valence-electron chi connectivity index (χ4n) is 3.75. The zero-order valence-corrected chi connectivity index (χ0v) is 19.1. The second kappa shape index (κ2) is 9.47. The highest BCUT2D eigenvalue weighted by atomic mass is 32.2. The lowest BCUT2D eigenvalue weighted by molar-refractivity contribution is -0.116. The largest absolute Gasteiger partial charge is 0.493 e. The van der Waals surface area contributed by atoms with E-state index < -0.39 is 22.0 Å². The predicted octanol–water partition coefficient (Wildman–Crippen LogP) is 3.10. The SMILES string of the molecule is COc1ccc(N([C@H](C)C(=O)Nc2ccc(N3CCCC3)cc2)S(C)(=O)=O)cc1OC. The van der Waals surface area contributed by atoms with Gasteiger partial charge in [0.05, 0.1) is 26.2 Å². The fraction of sp³-hybridized carbons (Fsp3) is 0.409. The maximum atomic E-state index is 12.9. The number of amides is 1. The maximum Gasteiger partial charge on any atom is 0.247 e. The van der Waals surface area contributed by atoms with E-state index in [4.69, 9.17) is 9.47 Å². The average Bonchev–Trinajstić information content (AvgIpc) is 3.28. The highest BCUT2D eigenvalue weighted by Crippen LogP contribution is 2.33. The number of hydrogen-bond acceptors (Lipinski definition) is 6. The van der Waals surface area contributed by atoms with Gasteiger partial charge in [-0.2, -0.15) is 0 Å². The van der Waals surface area contributed by atoms with Gasteiger partial charge in [0, 0.05) is 30.5 Å². The molecule has 1 N–H and O–H groups in total. The van der Waals surface area contributed by atoms with Crippen LogP contribution < -0.4 is 24.0 Å². The van der Waals surface area contributed by atoms with Gasteiger partial charge in [-0.15, -0.1) is 0 Å². The van der Waals surface area contributed by atoms with E-state index >= 15 is 0 Å². The summed E-state index contributed by atoms with van der Waals surface area (Å²) in [6.45, 7) is 3.63. The van der Waals surface area contributed by atoms with E-state index in [0.29, 0.717) is 22.9 Å². The summed E-state index contributed by atoms with van der Waals surface area (Å²) in [6, 6.07) is 11.3. The molecule has 31 heavy (non-hydrogen) atoms. The topological polar surface area (TPSA) is 88.2 Å². The van der Waals surface area contributed by atoms with Gasteiger partial charge in [-0.1, -0.05) is 0 Å². The molecule has 1 aliphatic heterocycles. The minimum absolute atomic E-state index is 0.312. The van der Waals surface area contributed by atoms with Crippen LogP contribution in [0.2, 0.25) is 0 Å². The molecule has 1 aliphatic rings. The summed E-state index contributed by atoms with van der Waals surface area (Å²) in [5.41, 5.74) is 2.04. The Morgan fingerprint density at radius 1 is 1.03 bits per heavy atom. The number of nitrogens with one attached hydrogen (secondary N) is 1. The lowest BCUT2D eigenvalue weighted by Gasteiger charge is -2.28. The Morgan fingerprint density at radius 3 is 2.19 bits per heavy atom. The van der Waals surface area contributed by atoms with Crippen molar-refractivity contribution in [2.24, 2.45) is 0 Å². The predicted molar refractivity (Wildman–Crippen MR) is 123 cm³/mol. The Morgan fingerprint density at radius 2 is 1.65 bits per heavy atom. The molecule has 1 amide bonds. The molecule has 1 fully saturated rings. The molecule has 8 nitrogen and oxygen atoms in total. The van der Waals surface area contributed by atoms with Crippen LogP contribution in [-0.2, 0) is 14.8 Å². The van der Waals surface area contributed by atoms with Crippen molar-refractivity contribution in [2.45, 2.75) is 25.8 Å². The summed E-state index contributed by atoms with van der Waals surface area (Å²) in [4.78, 5) is 15.2. The molecule has 2 aromatic rings. The van der Waals surface area contributed by atoms with E-state index in [-0.39, 0.29) is 0 Å². The van der Waals surface area contributed by atoms with E-state index in [1.54, 1.807) is 19.1 Å². The van der Waals surface area contributed by atoms with Crippen LogP contribution in [0.5, 0.6) is 11.5 Å². The van der Waals surface area contributed by atoms with Crippen LogP contribution in [0.15, 0.2) is 42.5 Å². The molecule has 0 bridgehead atoms. The van der Waals surface area contributed by atoms with Gasteiger partial charge < -0.3 is 19.7 Å². The van der Waals surface area contributed by atoms with Gasteiger partial charge in [0.1, 0.15) is 6.04 Å². The van der Waals surface area contributed by atoms with Crippen molar-refractivity contribution in [3.05, 3.63) is 42.5 Å². The maximum absolute atomic E-state index is 12.9. The van der Waals surface area contributed by atoms with Crippen molar-refractivity contribution in [3.63, 3.8) is 0 Å². The normalized spacial score (nSPS) is 14.8. The first-order valence-corrected chi connectivity index (χ1v) is 12.0. The molecular formula is C22H29N3O5S. The van der Waals surface area contributed by atoms with Crippen molar-refractivity contribution in [3.8, 4) is 11.5 Å². The summed E-state index contributed by atoms with van der Waals surface area (Å²) in [7, 11) is -0.784. The monoisotopic (exact) mass is 447 g/mol. The molecule has 0 aliphatic carbocycles. The van der Waals surface area contributed by atoms with E-state index in [1.165, 1.54) is 33.1 Å². The minimum Gasteiger partial charge on any atom is -0.493 e. The highest BCUT2D eigenvalue weighted by Gasteiger charge is 2.30. The third-order valence-electron chi connectivity index (χ3n) is 5.32. The zero-order valence-electron chi connectivity index (χ0n) is 18.3. The fourth-order valence-corrected chi connectivity index (χ4v) is 4.92. The molecule has 0 aromatic heterocycles. The first-order valence-electron chi connectivity index (χ1n) is 10.1. The van der Waals surface area contributed by atoms with Crippen LogP contribution in [0.4, 0.5) is 17.1 Å². The molecule has 1 saturated heterocycles. The van der Waals surface area contributed by atoms with Crippen molar-refractivity contribution in [1.29, 1.82) is 0 Å². The first kappa shape index (κ1) is 22.7. The summed E-state index contributed by atoms with van der Waals surface area (Å²) >= 11 is 0. The standard InChI is InChI=1S/C22H29N3O5S/c1-16(22(26)23-17-7-9-18(10-8-17)24-13-5-6-14-24)25(31(4,27)28)19-11-12-20(29-2)21(15-19)30-3/h7-12,15-16H,5-6,13-14H2,1-4H3,(H,23,26)/t16-/m1/s1. The molecule has 1 heterocycles. The minimum atomic E-state index is -3.75. The van der Waals surface area contributed by atoms with Gasteiger partial charge in [-0.05, 0) is 56.2 Å². The van der Waals surface area contributed by atoms with Crippen LogP contribution >= 0.6 is 0 Å². The Kier molecular flexibility index (Phi) is 6.94. The summed E-state index contributed by atoms with van der Waals surface area (Å²) < 4.78 is 36.7. The van der Waals surface area contributed by atoms with Crippen molar-refractivity contribution in [1.82, 2.24) is 0 Å².